The fourth-order valence-electron chi connectivity index (χ4n) is 2.31. The van der Waals surface area contributed by atoms with Crippen molar-refractivity contribution in [2.45, 2.75) is 19.0 Å². The molecule has 0 atom stereocenters. The molecule has 21 heavy (non-hydrogen) atoms. The number of hydrogen-bond donors (Lipinski definition) is 1. The van der Waals surface area contributed by atoms with E-state index in [1.54, 1.807) is 4.90 Å². The van der Waals surface area contributed by atoms with Gasteiger partial charge in [0.15, 0.2) is 0 Å². The Balaban J connectivity index is 1.90. The first-order chi connectivity index (χ1) is 10.0. The van der Waals surface area contributed by atoms with E-state index in [4.69, 9.17) is 5.73 Å². The number of aromatic nitrogens is 2. The molecule has 0 radical (unpaired) electrons. The number of piperazine rings is 1. The summed E-state index contributed by atoms with van der Waals surface area (Å²) in [5, 5.41) is 0. The Morgan fingerprint density at radius 2 is 1.86 bits per heavy atom. The molecule has 0 aliphatic carbocycles. The van der Waals surface area contributed by atoms with Gasteiger partial charge in [-0.15, -0.1) is 0 Å². The molecule has 1 aromatic heterocycles. The number of unbranched alkanes of at least 4 members (excludes halogenated alkanes) is 1. The second kappa shape index (κ2) is 7.04. The maximum Gasteiger partial charge on any atom is 0.433 e. The lowest BCUT2D eigenvalue weighted by Crippen LogP contribution is -2.47. The summed E-state index contributed by atoms with van der Waals surface area (Å²) >= 11 is 0. The summed E-state index contributed by atoms with van der Waals surface area (Å²) < 4.78 is 37.9. The molecule has 0 saturated carbocycles. The summed E-state index contributed by atoms with van der Waals surface area (Å²) in [5.41, 5.74) is 4.57. The second-order valence-electron chi connectivity index (χ2n) is 5.06. The smallest absolute Gasteiger partial charge is 0.338 e. The van der Waals surface area contributed by atoms with Crippen molar-refractivity contribution >= 4 is 5.95 Å². The number of nitrogens with two attached hydrogens (primary N) is 1. The molecule has 2 rings (SSSR count). The third-order valence-corrected chi connectivity index (χ3v) is 3.52. The molecule has 2 heterocycles. The Labute approximate surface area is 122 Å². The van der Waals surface area contributed by atoms with Crippen molar-refractivity contribution in [1.82, 2.24) is 14.9 Å². The maximum absolute atomic E-state index is 12.6. The van der Waals surface area contributed by atoms with E-state index in [0.717, 1.165) is 38.5 Å². The zero-order valence-corrected chi connectivity index (χ0v) is 11.8. The monoisotopic (exact) mass is 303 g/mol. The van der Waals surface area contributed by atoms with E-state index in [-0.39, 0.29) is 5.95 Å². The average molecular weight is 303 g/mol. The second-order valence-corrected chi connectivity index (χ2v) is 5.06. The van der Waals surface area contributed by atoms with Gasteiger partial charge in [0, 0.05) is 32.4 Å². The average Bonchev–Trinajstić information content (AvgIpc) is 2.47. The maximum atomic E-state index is 12.6. The molecule has 118 valence electrons. The first kappa shape index (κ1) is 16.0. The first-order valence-corrected chi connectivity index (χ1v) is 7.08. The lowest BCUT2D eigenvalue weighted by Gasteiger charge is -2.34. The minimum atomic E-state index is -4.43. The van der Waals surface area contributed by atoms with Crippen molar-refractivity contribution in [1.29, 1.82) is 0 Å². The van der Waals surface area contributed by atoms with E-state index in [1.807, 2.05) is 0 Å². The van der Waals surface area contributed by atoms with Crippen LogP contribution in [0, 0.1) is 0 Å². The quantitative estimate of drug-likeness (QED) is 0.832. The van der Waals surface area contributed by atoms with Crippen molar-refractivity contribution < 1.29 is 13.2 Å². The van der Waals surface area contributed by atoms with Crippen LogP contribution in [-0.4, -0.2) is 54.1 Å². The molecule has 0 unspecified atom stereocenters. The van der Waals surface area contributed by atoms with Gasteiger partial charge in [0.05, 0.1) is 0 Å². The molecule has 1 aliphatic rings. The molecular formula is C13H20F3N5. The number of alkyl halides is 3. The number of rotatable bonds is 5. The third kappa shape index (κ3) is 4.53. The van der Waals surface area contributed by atoms with Gasteiger partial charge in [0.25, 0.3) is 0 Å². The van der Waals surface area contributed by atoms with Crippen LogP contribution in [0.1, 0.15) is 18.5 Å². The first-order valence-electron chi connectivity index (χ1n) is 7.08. The molecule has 1 fully saturated rings. The Bertz CT molecular complexity index is 444. The van der Waals surface area contributed by atoms with E-state index >= 15 is 0 Å². The summed E-state index contributed by atoms with van der Waals surface area (Å²) in [6.07, 6.45) is -1.21. The molecule has 1 aromatic rings. The standard InChI is InChI=1S/C13H20F3N5/c14-13(15,16)11-3-5-18-12(19-11)21-9-7-20(8-10-21)6-2-1-4-17/h3,5H,1-2,4,6-10,17H2. The minimum absolute atomic E-state index is 0.159. The van der Waals surface area contributed by atoms with Gasteiger partial charge >= 0.3 is 6.18 Å². The molecular weight excluding hydrogens is 283 g/mol. The normalized spacial score (nSPS) is 17.2. The number of nitrogens with zero attached hydrogens (tertiary/aromatic N) is 4. The van der Waals surface area contributed by atoms with Crippen LogP contribution in [0.4, 0.5) is 19.1 Å². The highest BCUT2D eigenvalue weighted by molar-refractivity contribution is 5.31. The highest BCUT2D eigenvalue weighted by Crippen LogP contribution is 2.28. The van der Waals surface area contributed by atoms with Crippen molar-refractivity contribution in [2.75, 3.05) is 44.2 Å². The molecule has 0 amide bonds. The highest BCUT2D eigenvalue weighted by Gasteiger charge is 2.33. The molecule has 0 bridgehead atoms. The van der Waals surface area contributed by atoms with Crippen LogP contribution in [0.15, 0.2) is 12.3 Å². The van der Waals surface area contributed by atoms with Crippen molar-refractivity contribution in [3.05, 3.63) is 18.0 Å². The zero-order chi connectivity index (χ0) is 15.3. The minimum Gasteiger partial charge on any atom is -0.338 e. The molecule has 1 saturated heterocycles. The molecule has 0 aromatic carbocycles. The summed E-state index contributed by atoms with van der Waals surface area (Å²) in [6.45, 7) is 4.58. The van der Waals surface area contributed by atoms with Gasteiger partial charge in [-0.1, -0.05) is 0 Å². The summed E-state index contributed by atoms with van der Waals surface area (Å²) in [7, 11) is 0. The van der Waals surface area contributed by atoms with Crippen molar-refractivity contribution in [3.8, 4) is 0 Å². The van der Waals surface area contributed by atoms with Crippen molar-refractivity contribution in [3.63, 3.8) is 0 Å². The lowest BCUT2D eigenvalue weighted by molar-refractivity contribution is -0.141. The van der Waals surface area contributed by atoms with Crippen LogP contribution in [0.5, 0.6) is 0 Å². The molecule has 2 N–H and O–H groups in total. The lowest BCUT2D eigenvalue weighted by atomic mass is 10.2. The van der Waals surface area contributed by atoms with Gasteiger partial charge in [-0.05, 0) is 32.0 Å². The predicted molar refractivity (Wildman–Crippen MR) is 74.0 cm³/mol. The number of hydrogen-bond acceptors (Lipinski definition) is 5. The van der Waals surface area contributed by atoms with E-state index in [2.05, 4.69) is 14.9 Å². The fraction of sp³-hybridized carbons (Fsp3) is 0.692. The van der Waals surface area contributed by atoms with E-state index in [1.165, 1.54) is 6.20 Å². The van der Waals surface area contributed by atoms with Gasteiger partial charge in [-0.3, -0.25) is 4.90 Å². The van der Waals surface area contributed by atoms with Crippen LogP contribution in [0.2, 0.25) is 0 Å². The van der Waals surface area contributed by atoms with E-state index in [0.29, 0.717) is 19.6 Å². The van der Waals surface area contributed by atoms with Crippen LogP contribution >= 0.6 is 0 Å². The third-order valence-electron chi connectivity index (χ3n) is 3.52. The van der Waals surface area contributed by atoms with Crippen LogP contribution in [0.3, 0.4) is 0 Å². The van der Waals surface area contributed by atoms with Gasteiger partial charge in [-0.2, -0.15) is 13.2 Å². The Hall–Kier alpha value is -1.41. The van der Waals surface area contributed by atoms with Crippen LogP contribution in [-0.2, 0) is 6.18 Å². The zero-order valence-electron chi connectivity index (χ0n) is 11.8. The van der Waals surface area contributed by atoms with Crippen LogP contribution < -0.4 is 10.6 Å². The number of halogens is 3. The fourth-order valence-corrected chi connectivity index (χ4v) is 2.31. The van der Waals surface area contributed by atoms with E-state index < -0.39 is 11.9 Å². The summed E-state index contributed by atoms with van der Waals surface area (Å²) in [5.74, 6) is 0.159. The highest BCUT2D eigenvalue weighted by atomic mass is 19.4. The molecule has 1 aliphatic heterocycles. The molecule has 0 spiro atoms. The van der Waals surface area contributed by atoms with Gasteiger partial charge in [0.2, 0.25) is 5.95 Å². The molecule has 8 heteroatoms. The van der Waals surface area contributed by atoms with Gasteiger partial charge in [0.1, 0.15) is 5.69 Å². The van der Waals surface area contributed by atoms with Crippen molar-refractivity contribution in [2.24, 2.45) is 5.73 Å². The Morgan fingerprint density at radius 3 is 2.48 bits per heavy atom. The summed E-state index contributed by atoms with van der Waals surface area (Å²) in [4.78, 5) is 11.7. The largest absolute Gasteiger partial charge is 0.433 e. The van der Waals surface area contributed by atoms with E-state index in [9.17, 15) is 13.2 Å². The topological polar surface area (TPSA) is 58.3 Å². The van der Waals surface area contributed by atoms with Gasteiger partial charge in [-0.25, -0.2) is 9.97 Å². The Morgan fingerprint density at radius 1 is 1.14 bits per heavy atom. The predicted octanol–water partition coefficient (Wildman–Crippen LogP) is 1.36. The SMILES string of the molecule is NCCCCN1CCN(c2nccc(C(F)(F)F)n2)CC1. The Kier molecular flexibility index (Phi) is 5.35. The van der Waals surface area contributed by atoms with Gasteiger partial charge < -0.3 is 10.6 Å². The van der Waals surface area contributed by atoms with Crippen LogP contribution in [0.25, 0.3) is 0 Å². The summed E-state index contributed by atoms with van der Waals surface area (Å²) in [6, 6.07) is 0.895. The molecule has 5 nitrogen and oxygen atoms in total. The number of anilines is 1.